The van der Waals surface area contributed by atoms with E-state index in [2.05, 4.69) is 22.9 Å². The van der Waals surface area contributed by atoms with E-state index in [1.165, 1.54) is 12.8 Å². The summed E-state index contributed by atoms with van der Waals surface area (Å²) in [7, 11) is 1.67. The highest BCUT2D eigenvalue weighted by Crippen LogP contribution is 2.25. The molecule has 4 heteroatoms. The minimum Gasteiger partial charge on any atom is -0.481 e. The maximum Gasteiger partial charge on any atom is 0.217 e. The maximum atomic E-state index is 6.16. The van der Waals surface area contributed by atoms with E-state index in [9.17, 15) is 0 Å². The van der Waals surface area contributed by atoms with Gasteiger partial charge in [-0.25, -0.2) is 4.98 Å². The molecule has 2 heterocycles. The molecule has 0 aliphatic carbocycles. The summed E-state index contributed by atoms with van der Waals surface area (Å²) in [6.45, 7) is 5.24. The van der Waals surface area contributed by atoms with Crippen LogP contribution in [0.25, 0.3) is 0 Å². The normalized spacial score (nSPS) is 19.7. The first kappa shape index (κ1) is 13.6. The van der Waals surface area contributed by atoms with Crippen LogP contribution in [0, 0.1) is 5.92 Å². The summed E-state index contributed by atoms with van der Waals surface area (Å²) in [4.78, 5) is 6.69. The van der Waals surface area contributed by atoms with Crippen molar-refractivity contribution in [3.8, 4) is 5.88 Å². The Labute approximate surface area is 114 Å². The van der Waals surface area contributed by atoms with Crippen molar-refractivity contribution in [3.05, 3.63) is 23.9 Å². The summed E-state index contributed by atoms with van der Waals surface area (Å²) >= 11 is 6.16. The molecular weight excluding hydrogens is 248 g/mol. The molecule has 0 N–H and O–H groups in total. The number of rotatable bonds is 4. The summed E-state index contributed by atoms with van der Waals surface area (Å²) in [6.07, 6.45) is 4.14. The number of piperidine rings is 1. The smallest absolute Gasteiger partial charge is 0.217 e. The van der Waals surface area contributed by atoms with Gasteiger partial charge in [-0.15, -0.1) is 11.6 Å². The number of nitrogens with zero attached hydrogens (tertiary/aromatic N) is 2. The van der Waals surface area contributed by atoms with Gasteiger partial charge in [0.1, 0.15) is 0 Å². The molecule has 1 atom stereocenters. The molecule has 1 aliphatic rings. The molecule has 1 unspecified atom stereocenters. The summed E-state index contributed by atoms with van der Waals surface area (Å²) in [6, 6.07) is 4.05. The highest BCUT2D eigenvalue weighted by atomic mass is 35.5. The summed E-state index contributed by atoms with van der Waals surface area (Å²) in [5.74, 6) is 1.41. The van der Waals surface area contributed by atoms with Crippen LogP contribution < -0.4 is 4.74 Å². The molecule has 1 aromatic heterocycles. The van der Waals surface area contributed by atoms with Gasteiger partial charge in [-0.2, -0.15) is 0 Å². The van der Waals surface area contributed by atoms with E-state index < -0.39 is 0 Å². The third-order valence-electron chi connectivity index (χ3n) is 3.72. The van der Waals surface area contributed by atoms with Crippen molar-refractivity contribution in [1.82, 2.24) is 9.88 Å². The molecule has 0 bridgehead atoms. The van der Waals surface area contributed by atoms with Crippen LogP contribution in [-0.4, -0.2) is 35.5 Å². The van der Waals surface area contributed by atoms with Crippen LogP contribution in [0.2, 0.25) is 0 Å². The number of halogens is 1. The zero-order valence-corrected chi connectivity index (χ0v) is 11.9. The molecule has 100 valence electrons. The monoisotopic (exact) mass is 268 g/mol. The van der Waals surface area contributed by atoms with E-state index in [1.807, 2.05) is 6.07 Å². The van der Waals surface area contributed by atoms with Crippen molar-refractivity contribution >= 4 is 11.6 Å². The standard InChI is InChI=1S/C14H21ClN2O/c1-11(15)12-5-8-17(9-6-12)10-13-4-3-7-16-14(13)18-2/h3-4,7,11-12H,5-6,8-10H2,1-2H3. The number of alkyl halides is 1. The fourth-order valence-electron chi connectivity index (χ4n) is 2.54. The average molecular weight is 269 g/mol. The molecule has 0 saturated carbocycles. The zero-order valence-electron chi connectivity index (χ0n) is 11.1. The van der Waals surface area contributed by atoms with Crippen LogP contribution in [-0.2, 0) is 6.54 Å². The first-order chi connectivity index (χ1) is 8.70. The van der Waals surface area contributed by atoms with Crippen molar-refractivity contribution in [2.75, 3.05) is 20.2 Å². The molecule has 1 aliphatic heterocycles. The van der Waals surface area contributed by atoms with E-state index in [4.69, 9.17) is 16.3 Å². The lowest BCUT2D eigenvalue weighted by Gasteiger charge is -2.33. The third kappa shape index (κ3) is 3.36. The van der Waals surface area contributed by atoms with Crippen LogP contribution >= 0.6 is 11.6 Å². The lowest BCUT2D eigenvalue weighted by Crippen LogP contribution is -2.35. The zero-order chi connectivity index (χ0) is 13.0. The molecule has 18 heavy (non-hydrogen) atoms. The van der Waals surface area contributed by atoms with Crippen molar-refractivity contribution in [1.29, 1.82) is 0 Å². The summed E-state index contributed by atoms with van der Waals surface area (Å²) in [5, 5.41) is 0.292. The third-order valence-corrected chi connectivity index (χ3v) is 4.08. The first-order valence-corrected chi connectivity index (χ1v) is 6.98. The Morgan fingerprint density at radius 3 is 2.83 bits per heavy atom. The average Bonchev–Trinajstić information content (AvgIpc) is 2.40. The van der Waals surface area contributed by atoms with E-state index in [0.29, 0.717) is 11.3 Å². The van der Waals surface area contributed by atoms with E-state index in [1.54, 1.807) is 13.3 Å². The maximum absolute atomic E-state index is 6.16. The van der Waals surface area contributed by atoms with Gasteiger partial charge in [0.15, 0.2) is 0 Å². The predicted octanol–water partition coefficient (Wildman–Crippen LogP) is 2.93. The van der Waals surface area contributed by atoms with Gasteiger partial charge in [-0.05, 0) is 44.8 Å². The van der Waals surface area contributed by atoms with Gasteiger partial charge in [0.2, 0.25) is 5.88 Å². The molecular formula is C14H21ClN2O. The highest BCUT2D eigenvalue weighted by Gasteiger charge is 2.23. The summed E-state index contributed by atoms with van der Waals surface area (Å²) in [5.41, 5.74) is 1.16. The van der Waals surface area contributed by atoms with Crippen molar-refractivity contribution in [2.45, 2.75) is 31.7 Å². The van der Waals surface area contributed by atoms with Gasteiger partial charge in [0, 0.05) is 23.7 Å². The number of aromatic nitrogens is 1. The van der Waals surface area contributed by atoms with Crippen molar-refractivity contribution in [2.24, 2.45) is 5.92 Å². The Morgan fingerprint density at radius 1 is 1.50 bits per heavy atom. The largest absolute Gasteiger partial charge is 0.481 e. The van der Waals surface area contributed by atoms with Crippen LogP contribution in [0.15, 0.2) is 18.3 Å². The molecule has 0 radical (unpaired) electrons. The van der Waals surface area contributed by atoms with Crippen LogP contribution in [0.5, 0.6) is 5.88 Å². The topological polar surface area (TPSA) is 25.4 Å². The Bertz CT molecular complexity index is 376. The van der Waals surface area contributed by atoms with E-state index in [-0.39, 0.29) is 0 Å². The van der Waals surface area contributed by atoms with Gasteiger partial charge < -0.3 is 4.74 Å². The first-order valence-electron chi connectivity index (χ1n) is 6.55. The second-order valence-electron chi connectivity index (χ2n) is 4.96. The Kier molecular flexibility index (Phi) is 4.84. The Balaban J connectivity index is 1.91. The molecule has 0 aromatic carbocycles. The van der Waals surface area contributed by atoms with Crippen LogP contribution in [0.4, 0.5) is 0 Å². The number of ether oxygens (including phenoxy) is 1. The van der Waals surface area contributed by atoms with Gasteiger partial charge in [0.05, 0.1) is 7.11 Å². The van der Waals surface area contributed by atoms with Crippen LogP contribution in [0.3, 0.4) is 0 Å². The second kappa shape index (κ2) is 6.39. The number of pyridine rings is 1. The number of hydrogen-bond acceptors (Lipinski definition) is 3. The molecule has 2 rings (SSSR count). The molecule has 1 aromatic rings. The van der Waals surface area contributed by atoms with E-state index >= 15 is 0 Å². The fourth-order valence-corrected chi connectivity index (χ4v) is 2.79. The molecule has 0 amide bonds. The quantitative estimate of drug-likeness (QED) is 0.785. The SMILES string of the molecule is COc1ncccc1CN1CCC(C(C)Cl)CC1. The van der Waals surface area contributed by atoms with Gasteiger partial charge in [-0.3, -0.25) is 4.90 Å². The van der Waals surface area contributed by atoms with E-state index in [0.717, 1.165) is 31.1 Å². The van der Waals surface area contributed by atoms with Crippen molar-refractivity contribution in [3.63, 3.8) is 0 Å². The molecule has 0 spiro atoms. The predicted molar refractivity (Wildman–Crippen MR) is 74.1 cm³/mol. The van der Waals surface area contributed by atoms with Crippen LogP contribution in [0.1, 0.15) is 25.3 Å². The van der Waals surface area contributed by atoms with Gasteiger partial charge >= 0.3 is 0 Å². The Morgan fingerprint density at radius 2 is 2.22 bits per heavy atom. The van der Waals surface area contributed by atoms with Crippen molar-refractivity contribution < 1.29 is 4.74 Å². The van der Waals surface area contributed by atoms with Gasteiger partial charge in [-0.1, -0.05) is 6.07 Å². The number of hydrogen-bond donors (Lipinski definition) is 0. The van der Waals surface area contributed by atoms with Gasteiger partial charge in [0.25, 0.3) is 0 Å². The molecule has 1 saturated heterocycles. The minimum atomic E-state index is 0.292. The summed E-state index contributed by atoms with van der Waals surface area (Å²) < 4.78 is 5.29. The number of likely N-dealkylation sites (tertiary alicyclic amines) is 1. The molecule has 3 nitrogen and oxygen atoms in total. The lowest BCUT2D eigenvalue weighted by molar-refractivity contribution is 0.174. The molecule has 1 fully saturated rings. The second-order valence-corrected chi connectivity index (χ2v) is 5.65. The number of methoxy groups -OCH3 is 1. The Hall–Kier alpha value is -0.800. The minimum absolute atomic E-state index is 0.292. The fraction of sp³-hybridized carbons (Fsp3) is 0.643. The highest BCUT2D eigenvalue weighted by molar-refractivity contribution is 6.20. The lowest BCUT2D eigenvalue weighted by atomic mass is 9.94.